The Bertz CT molecular complexity index is 126. The summed E-state index contributed by atoms with van der Waals surface area (Å²) in [6.45, 7) is 4.25. The second kappa shape index (κ2) is 6.95. The fourth-order valence-corrected chi connectivity index (χ4v) is 1.09. The number of hydrogen-bond donors (Lipinski definition) is 2. The van der Waals surface area contributed by atoms with E-state index in [1.54, 1.807) is 7.05 Å². The summed E-state index contributed by atoms with van der Waals surface area (Å²) in [5.74, 6) is 0. The van der Waals surface area contributed by atoms with Gasteiger partial charge in [-0.15, -0.1) is 0 Å². The first-order chi connectivity index (χ1) is 5.74. The van der Waals surface area contributed by atoms with Crippen LogP contribution in [-0.4, -0.2) is 19.1 Å². The Kier molecular flexibility index (Phi) is 6.53. The number of hydrogen-bond acceptors (Lipinski definition) is 1. The maximum Gasteiger partial charge on any atom is 0.314 e. The summed E-state index contributed by atoms with van der Waals surface area (Å²) < 4.78 is 0. The molecule has 0 bridgehead atoms. The molecule has 0 rings (SSSR count). The Morgan fingerprint density at radius 3 is 2.50 bits per heavy atom. The first-order valence-corrected chi connectivity index (χ1v) is 4.72. The van der Waals surface area contributed by atoms with E-state index in [-0.39, 0.29) is 6.03 Å². The van der Waals surface area contributed by atoms with Gasteiger partial charge in [0, 0.05) is 13.1 Å². The molecule has 1 unspecified atom stereocenters. The van der Waals surface area contributed by atoms with Crippen molar-refractivity contribution in [1.82, 2.24) is 10.6 Å². The maximum absolute atomic E-state index is 10.9. The van der Waals surface area contributed by atoms with E-state index in [2.05, 4.69) is 24.5 Å². The average molecular weight is 172 g/mol. The lowest BCUT2D eigenvalue weighted by Gasteiger charge is -2.15. The van der Waals surface area contributed by atoms with E-state index in [0.29, 0.717) is 6.04 Å². The highest BCUT2D eigenvalue weighted by Crippen LogP contribution is 2.03. The molecule has 1 atom stereocenters. The van der Waals surface area contributed by atoms with Crippen LogP contribution in [0.4, 0.5) is 4.79 Å². The van der Waals surface area contributed by atoms with Crippen molar-refractivity contribution in [2.24, 2.45) is 0 Å². The molecule has 12 heavy (non-hydrogen) atoms. The summed E-state index contributed by atoms with van der Waals surface area (Å²) >= 11 is 0. The molecule has 0 heterocycles. The highest BCUT2D eigenvalue weighted by Gasteiger charge is 2.07. The number of carbonyl (C=O) groups is 1. The van der Waals surface area contributed by atoms with E-state index in [0.717, 1.165) is 12.8 Å². The van der Waals surface area contributed by atoms with Crippen molar-refractivity contribution in [3.8, 4) is 0 Å². The number of amides is 2. The van der Waals surface area contributed by atoms with Crippen LogP contribution in [0.15, 0.2) is 0 Å². The maximum atomic E-state index is 10.9. The van der Waals surface area contributed by atoms with Crippen LogP contribution in [0.2, 0.25) is 0 Å². The predicted octanol–water partition coefficient (Wildman–Crippen LogP) is 1.88. The standard InChI is InChI=1S/C9H20N2O/c1-4-6-7-8(5-2)11-9(12)10-3/h8H,4-7H2,1-3H3,(H2,10,11,12). The van der Waals surface area contributed by atoms with Crippen LogP contribution in [0.3, 0.4) is 0 Å². The Morgan fingerprint density at radius 2 is 2.08 bits per heavy atom. The highest BCUT2D eigenvalue weighted by molar-refractivity contribution is 5.73. The molecule has 2 amide bonds. The molecule has 0 aliphatic rings. The predicted molar refractivity (Wildman–Crippen MR) is 51.2 cm³/mol. The monoisotopic (exact) mass is 172 g/mol. The average Bonchev–Trinajstić information content (AvgIpc) is 2.11. The molecular weight excluding hydrogens is 152 g/mol. The van der Waals surface area contributed by atoms with E-state index in [4.69, 9.17) is 0 Å². The summed E-state index contributed by atoms with van der Waals surface area (Å²) in [5.41, 5.74) is 0. The van der Waals surface area contributed by atoms with Gasteiger partial charge < -0.3 is 10.6 Å². The lowest BCUT2D eigenvalue weighted by molar-refractivity contribution is 0.237. The molecule has 3 nitrogen and oxygen atoms in total. The largest absolute Gasteiger partial charge is 0.341 e. The van der Waals surface area contributed by atoms with Crippen LogP contribution in [0.5, 0.6) is 0 Å². The van der Waals surface area contributed by atoms with Gasteiger partial charge in [0.1, 0.15) is 0 Å². The number of carbonyl (C=O) groups excluding carboxylic acids is 1. The van der Waals surface area contributed by atoms with Gasteiger partial charge in [0.05, 0.1) is 0 Å². The van der Waals surface area contributed by atoms with E-state index < -0.39 is 0 Å². The van der Waals surface area contributed by atoms with Gasteiger partial charge in [-0.25, -0.2) is 4.79 Å². The SMILES string of the molecule is CCCCC(CC)NC(=O)NC. The number of urea groups is 1. The van der Waals surface area contributed by atoms with Crippen molar-refractivity contribution in [3.05, 3.63) is 0 Å². The van der Waals surface area contributed by atoms with Gasteiger partial charge in [-0.1, -0.05) is 26.7 Å². The first kappa shape index (κ1) is 11.3. The van der Waals surface area contributed by atoms with Crippen LogP contribution in [-0.2, 0) is 0 Å². The smallest absolute Gasteiger partial charge is 0.314 e. The van der Waals surface area contributed by atoms with Gasteiger partial charge in [0.25, 0.3) is 0 Å². The summed E-state index contributed by atoms with van der Waals surface area (Å²) in [4.78, 5) is 10.9. The van der Waals surface area contributed by atoms with E-state index in [1.807, 2.05) is 0 Å². The molecule has 0 saturated heterocycles. The zero-order valence-electron chi connectivity index (χ0n) is 8.31. The molecule has 0 aliphatic carbocycles. The normalized spacial score (nSPS) is 12.2. The van der Waals surface area contributed by atoms with Crippen molar-refractivity contribution in [1.29, 1.82) is 0 Å². The minimum absolute atomic E-state index is 0.0713. The topological polar surface area (TPSA) is 41.1 Å². The molecule has 0 aromatic carbocycles. The second-order valence-corrected chi connectivity index (χ2v) is 2.97. The van der Waals surface area contributed by atoms with Gasteiger partial charge >= 0.3 is 6.03 Å². The molecule has 3 heteroatoms. The van der Waals surface area contributed by atoms with Crippen LogP contribution in [0.25, 0.3) is 0 Å². The Hall–Kier alpha value is -0.730. The summed E-state index contributed by atoms with van der Waals surface area (Å²) in [7, 11) is 1.64. The van der Waals surface area contributed by atoms with Gasteiger partial charge in [0.2, 0.25) is 0 Å². The van der Waals surface area contributed by atoms with E-state index >= 15 is 0 Å². The van der Waals surface area contributed by atoms with Gasteiger partial charge in [-0.3, -0.25) is 0 Å². The zero-order valence-corrected chi connectivity index (χ0v) is 8.31. The van der Waals surface area contributed by atoms with Crippen LogP contribution < -0.4 is 10.6 Å². The minimum Gasteiger partial charge on any atom is -0.341 e. The quantitative estimate of drug-likeness (QED) is 0.653. The third kappa shape index (κ3) is 4.99. The molecule has 2 N–H and O–H groups in total. The highest BCUT2D eigenvalue weighted by atomic mass is 16.2. The van der Waals surface area contributed by atoms with Crippen molar-refractivity contribution in [2.45, 2.75) is 45.6 Å². The third-order valence-corrected chi connectivity index (χ3v) is 1.96. The van der Waals surface area contributed by atoms with Crippen molar-refractivity contribution < 1.29 is 4.79 Å². The summed E-state index contributed by atoms with van der Waals surface area (Å²) in [6, 6.07) is 0.267. The molecule has 0 saturated carbocycles. The van der Waals surface area contributed by atoms with Gasteiger partial charge in [0.15, 0.2) is 0 Å². The minimum atomic E-state index is -0.0713. The molecular formula is C9H20N2O. The Labute approximate surface area is 74.9 Å². The third-order valence-electron chi connectivity index (χ3n) is 1.96. The second-order valence-electron chi connectivity index (χ2n) is 2.97. The Balaban J connectivity index is 3.59. The van der Waals surface area contributed by atoms with Gasteiger partial charge in [-0.2, -0.15) is 0 Å². The lowest BCUT2D eigenvalue weighted by Crippen LogP contribution is -2.40. The van der Waals surface area contributed by atoms with Crippen molar-refractivity contribution in [3.63, 3.8) is 0 Å². The van der Waals surface area contributed by atoms with Gasteiger partial charge in [-0.05, 0) is 12.8 Å². The number of rotatable bonds is 5. The van der Waals surface area contributed by atoms with Crippen LogP contribution in [0, 0.1) is 0 Å². The Morgan fingerprint density at radius 1 is 1.42 bits per heavy atom. The van der Waals surface area contributed by atoms with Crippen molar-refractivity contribution >= 4 is 6.03 Å². The molecule has 0 spiro atoms. The van der Waals surface area contributed by atoms with E-state index in [1.165, 1.54) is 12.8 Å². The van der Waals surface area contributed by atoms with E-state index in [9.17, 15) is 4.79 Å². The molecule has 0 aliphatic heterocycles. The molecule has 0 fully saturated rings. The first-order valence-electron chi connectivity index (χ1n) is 4.72. The summed E-state index contributed by atoms with van der Waals surface area (Å²) in [5, 5.41) is 5.46. The number of nitrogens with one attached hydrogen (secondary N) is 2. The van der Waals surface area contributed by atoms with Crippen molar-refractivity contribution in [2.75, 3.05) is 7.05 Å². The fraction of sp³-hybridized carbons (Fsp3) is 0.889. The summed E-state index contributed by atoms with van der Waals surface area (Å²) in [6.07, 6.45) is 4.46. The zero-order chi connectivity index (χ0) is 9.40. The van der Waals surface area contributed by atoms with Crippen LogP contribution in [0.1, 0.15) is 39.5 Å². The molecule has 0 radical (unpaired) electrons. The lowest BCUT2D eigenvalue weighted by atomic mass is 10.1. The molecule has 0 aromatic heterocycles. The van der Waals surface area contributed by atoms with Crippen LogP contribution >= 0.6 is 0 Å². The molecule has 0 aromatic rings. The fourth-order valence-electron chi connectivity index (χ4n) is 1.09. The number of unbranched alkanes of at least 4 members (excludes halogenated alkanes) is 1. The molecule has 72 valence electrons.